The average molecular weight is 461 g/mol. The van der Waals surface area contributed by atoms with E-state index in [2.05, 4.69) is 20.0 Å². The Morgan fingerprint density at radius 2 is 1.58 bits per heavy atom. The van der Waals surface area contributed by atoms with Crippen molar-refractivity contribution in [2.45, 2.75) is 24.3 Å². The first kappa shape index (κ1) is 22.3. The van der Waals surface area contributed by atoms with Crippen molar-refractivity contribution in [2.75, 3.05) is 4.72 Å². The second-order valence-electron chi connectivity index (χ2n) is 7.48. The number of hydrogen-bond acceptors (Lipinski definition) is 4. The number of benzene rings is 3. The largest absolute Gasteiger partial charge is 0.342 e. The topological polar surface area (TPSA) is 104 Å². The van der Waals surface area contributed by atoms with E-state index in [0.717, 1.165) is 11.3 Å². The molecule has 1 aromatic heterocycles. The molecule has 7 nitrogen and oxygen atoms in total. The number of amides is 1. The van der Waals surface area contributed by atoms with Gasteiger partial charge in [0.15, 0.2) is 0 Å². The molecule has 168 valence electrons. The van der Waals surface area contributed by atoms with Crippen LogP contribution in [0.3, 0.4) is 0 Å². The van der Waals surface area contributed by atoms with E-state index in [0.29, 0.717) is 23.5 Å². The third kappa shape index (κ3) is 5.30. The monoisotopic (exact) mass is 460 g/mol. The van der Waals surface area contributed by atoms with Gasteiger partial charge in [-0.05, 0) is 48.4 Å². The lowest BCUT2D eigenvalue weighted by Gasteiger charge is -2.15. The Morgan fingerprint density at radius 3 is 2.21 bits per heavy atom. The number of carbonyl (C=O) groups excluding carboxylic acids is 1. The molecule has 1 heterocycles. The van der Waals surface area contributed by atoms with Crippen molar-refractivity contribution in [3.05, 3.63) is 103 Å². The molecule has 33 heavy (non-hydrogen) atoms. The molecule has 0 spiro atoms. The van der Waals surface area contributed by atoms with Gasteiger partial charge in [-0.25, -0.2) is 13.4 Å². The van der Waals surface area contributed by atoms with E-state index in [1.165, 1.54) is 24.3 Å². The summed E-state index contributed by atoms with van der Waals surface area (Å²) in [7, 11) is -3.75. The number of nitrogens with zero attached hydrogens (tertiary/aromatic N) is 1. The van der Waals surface area contributed by atoms with Gasteiger partial charge in [-0.1, -0.05) is 55.5 Å². The molecular weight excluding hydrogens is 436 g/mol. The molecule has 4 rings (SSSR count). The van der Waals surface area contributed by atoms with Crippen LogP contribution in [0.1, 0.15) is 35.6 Å². The number of imidazole rings is 1. The molecule has 0 fully saturated rings. The Morgan fingerprint density at radius 1 is 0.939 bits per heavy atom. The first-order chi connectivity index (χ1) is 16.0. The summed E-state index contributed by atoms with van der Waals surface area (Å²) in [5.74, 6) is 0.357. The smallest absolute Gasteiger partial charge is 0.261 e. The van der Waals surface area contributed by atoms with Gasteiger partial charge >= 0.3 is 0 Å². The van der Waals surface area contributed by atoms with E-state index in [1.807, 2.05) is 37.3 Å². The van der Waals surface area contributed by atoms with Gasteiger partial charge in [0.25, 0.3) is 15.9 Å². The fraction of sp³-hybridized carbons (Fsp3) is 0.120. The van der Waals surface area contributed by atoms with E-state index in [4.69, 9.17) is 0 Å². The molecule has 3 aromatic carbocycles. The molecule has 0 aliphatic rings. The quantitative estimate of drug-likeness (QED) is 0.353. The highest BCUT2D eigenvalue weighted by molar-refractivity contribution is 7.92. The fourth-order valence-electron chi connectivity index (χ4n) is 3.39. The second-order valence-corrected chi connectivity index (χ2v) is 9.16. The SMILES string of the molecule is CC[C@H](NC(=O)c1ccc(S(=O)(=O)Nc2ccccc2)cc1)c1ncc(-c2ccccc2)[nH]1. The van der Waals surface area contributed by atoms with Gasteiger partial charge < -0.3 is 10.3 Å². The van der Waals surface area contributed by atoms with Crippen molar-refractivity contribution in [1.82, 2.24) is 15.3 Å². The van der Waals surface area contributed by atoms with Gasteiger partial charge in [-0.2, -0.15) is 0 Å². The summed E-state index contributed by atoms with van der Waals surface area (Å²) in [6.45, 7) is 1.96. The highest BCUT2D eigenvalue weighted by Gasteiger charge is 2.19. The molecular formula is C25H24N4O3S. The predicted molar refractivity (Wildman–Crippen MR) is 128 cm³/mol. The normalized spacial score (nSPS) is 12.2. The molecule has 0 saturated carbocycles. The number of hydrogen-bond donors (Lipinski definition) is 3. The minimum atomic E-state index is -3.75. The minimum Gasteiger partial charge on any atom is -0.342 e. The Balaban J connectivity index is 1.45. The Labute approximate surface area is 193 Å². The highest BCUT2D eigenvalue weighted by Crippen LogP contribution is 2.21. The zero-order valence-corrected chi connectivity index (χ0v) is 18.8. The van der Waals surface area contributed by atoms with Crippen molar-refractivity contribution >= 4 is 21.6 Å². The van der Waals surface area contributed by atoms with Gasteiger partial charge in [0.2, 0.25) is 0 Å². The van der Waals surface area contributed by atoms with Crippen LogP contribution in [0, 0.1) is 0 Å². The Hall–Kier alpha value is -3.91. The van der Waals surface area contributed by atoms with Crippen molar-refractivity contribution in [3.63, 3.8) is 0 Å². The zero-order valence-electron chi connectivity index (χ0n) is 18.0. The number of aromatic nitrogens is 2. The van der Waals surface area contributed by atoms with Gasteiger partial charge in [0, 0.05) is 11.3 Å². The van der Waals surface area contributed by atoms with Crippen molar-refractivity contribution < 1.29 is 13.2 Å². The number of H-pyrrole nitrogens is 1. The van der Waals surface area contributed by atoms with Crippen LogP contribution in [-0.4, -0.2) is 24.3 Å². The molecule has 1 amide bonds. The summed E-state index contributed by atoms with van der Waals surface area (Å²) in [6.07, 6.45) is 2.39. The van der Waals surface area contributed by atoms with Gasteiger partial charge in [-0.15, -0.1) is 0 Å². The number of sulfonamides is 1. The van der Waals surface area contributed by atoms with E-state index >= 15 is 0 Å². The van der Waals surface area contributed by atoms with E-state index in [9.17, 15) is 13.2 Å². The number of carbonyl (C=O) groups is 1. The Kier molecular flexibility index (Phi) is 6.55. The van der Waals surface area contributed by atoms with Crippen LogP contribution < -0.4 is 10.0 Å². The molecule has 8 heteroatoms. The van der Waals surface area contributed by atoms with Crippen LogP contribution in [0.15, 0.2) is 96.0 Å². The van der Waals surface area contributed by atoms with Crippen LogP contribution in [0.4, 0.5) is 5.69 Å². The standard InChI is InChI=1S/C25H24N4O3S/c1-2-22(24-26-17-23(27-24)18-9-5-3-6-10-18)28-25(30)19-13-15-21(16-14-19)33(31,32)29-20-11-7-4-8-12-20/h3-17,22,29H,2H2,1H3,(H,26,27)(H,28,30)/t22-/m0/s1. The van der Waals surface area contributed by atoms with Crippen molar-refractivity contribution in [2.24, 2.45) is 0 Å². The summed E-state index contributed by atoms with van der Waals surface area (Å²) in [4.78, 5) is 20.6. The number of anilines is 1. The number of para-hydroxylation sites is 1. The van der Waals surface area contributed by atoms with E-state index in [-0.39, 0.29) is 16.8 Å². The second kappa shape index (κ2) is 9.70. The summed E-state index contributed by atoms with van der Waals surface area (Å²) >= 11 is 0. The first-order valence-corrected chi connectivity index (χ1v) is 12.0. The molecule has 0 unspecified atom stereocenters. The molecule has 0 bridgehead atoms. The number of nitrogens with one attached hydrogen (secondary N) is 3. The van der Waals surface area contributed by atoms with Crippen LogP contribution in [-0.2, 0) is 10.0 Å². The summed E-state index contributed by atoms with van der Waals surface area (Å²) < 4.78 is 27.7. The molecule has 1 atom stereocenters. The van der Waals surface area contributed by atoms with E-state index < -0.39 is 10.0 Å². The summed E-state index contributed by atoms with van der Waals surface area (Å²) in [6, 6.07) is 24.0. The highest BCUT2D eigenvalue weighted by atomic mass is 32.2. The van der Waals surface area contributed by atoms with Crippen molar-refractivity contribution in [3.8, 4) is 11.3 Å². The Bertz CT molecular complexity index is 1320. The van der Waals surface area contributed by atoms with Gasteiger partial charge in [0.1, 0.15) is 5.82 Å². The lowest BCUT2D eigenvalue weighted by molar-refractivity contribution is 0.0933. The molecule has 0 aliphatic heterocycles. The minimum absolute atomic E-state index is 0.0773. The molecule has 3 N–H and O–H groups in total. The predicted octanol–water partition coefficient (Wildman–Crippen LogP) is 4.76. The zero-order chi connectivity index (χ0) is 23.3. The maximum absolute atomic E-state index is 12.8. The average Bonchev–Trinajstić information content (AvgIpc) is 3.33. The fourth-order valence-corrected chi connectivity index (χ4v) is 4.45. The number of rotatable bonds is 8. The maximum atomic E-state index is 12.8. The molecule has 0 radical (unpaired) electrons. The van der Waals surface area contributed by atoms with Gasteiger partial charge in [0.05, 0.1) is 22.8 Å². The van der Waals surface area contributed by atoms with Crippen LogP contribution in [0.25, 0.3) is 11.3 Å². The maximum Gasteiger partial charge on any atom is 0.261 e. The first-order valence-electron chi connectivity index (χ1n) is 10.6. The van der Waals surface area contributed by atoms with Crippen LogP contribution >= 0.6 is 0 Å². The lowest BCUT2D eigenvalue weighted by Crippen LogP contribution is -2.29. The molecule has 0 aliphatic carbocycles. The summed E-state index contributed by atoms with van der Waals surface area (Å²) in [5.41, 5.74) is 2.72. The third-order valence-corrected chi connectivity index (χ3v) is 6.57. The third-order valence-electron chi connectivity index (χ3n) is 5.18. The number of aromatic amines is 1. The van der Waals surface area contributed by atoms with Crippen molar-refractivity contribution in [1.29, 1.82) is 0 Å². The molecule has 0 saturated heterocycles. The summed E-state index contributed by atoms with van der Waals surface area (Å²) in [5, 5.41) is 2.96. The van der Waals surface area contributed by atoms with E-state index in [1.54, 1.807) is 36.5 Å². The van der Waals surface area contributed by atoms with Gasteiger partial charge in [-0.3, -0.25) is 9.52 Å². The molecule has 4 aromatic rings. The lowest BCUT2D eigenvalue weighted by atomic mass is 10.1. The van der Waals surface area contributed by atoms with Crippen LogP contribution in [0.5, 0.6) is 0 Å². The van der Waals surface area contributed by atoms with Crippen LogP contribution in [0.2, 0.25) is 0 Å².